The highest BCUT2D eigenvalue weighted by Gasteiger charge is 2.17. The molecule has 5 heteroatoms. The molecule has 3 rings (SSSR count). The van der Waals surface area contributed by atoms with Crippen LogP contribution in [0.25, 0.3) is 11.3 Å². The van der Waals surface area contributed by atoms with Gasteiger partial charge in [-0.25, -0.2) is 9.97 Å². The van der Waals surface area contributed by atoms with Crippen molar-refractivity contribution in [2.24, 2.45) is 5.73 Å². The molecule has 0 bridgehead atoms. The molecular formula is C17H23ClN4. The largest absolute Gasteiger partial charge is 0.341 e. The van der Waals surface area contributed by atoms with E-state index in [1.54, 1.807) is 0 Å². The van der Waals surface area contributed by atoms with E-state index in [9.17, 15) is 0 Å². The first-order valence-corrected chi connectivity index (χ1v) is 7.58. The number of hydrogen-bond acceptors (Lipinski definition) is 4. The third-order valence-electron chi connectivity index (χ3n) is 4.02. The van der Waals surface area contributed by atoms with E-state index in [0.717, 1.165) is 36.0 Å². The standard InChI is InChI=1S/C17H22N4.ClH/c1-12-5-6-15(13(2)9-12)16-10-14(11-18)19-17(20-16)21-7-3-4-8-21;/h5-6,9-10H,3-4,7-8,11,18H2,1-2H3;1H. The predicted octanol–water partition coefficient (Wildman–Crippen LogP) is 3.24. The third-order valence-corrected chi connectivity index (χ3v) is 4.02. The lowest BCUT2D eigenvalue weighted by Gasteiger charge is -2.17. The van der Waals surface area contributed by atoms with E-state index in [1.165, 1.54) is 24.0 Å². The van der Waals surface area contributed by atoms with Crippen molar-refractivity contribution >= 4 is 18.4 Å². The summed E-state index contributed by atoms with van der Waals surface area (Å²) in [4.78, 5) is 11.6. The molecule has 1 aromatic heterocycles. The van der Waals surface area contributed by atoms with Crippen LogP contribution in [0.5, 0.6) is 0 Å². The minimum Gasteiger partial charge on any atom is -0.341 e. The lowest BCUT2D eigenvalue weighted by atomic mass is 10.0. The van der Waals surface area contributed by atoms with Crippen molar-refractivity contribution in [3.05, 3.63) is 41.1 Å². The first-order valence-electron chi connectivity index (χ1n) is 7.58. The van der Waals surface area contributed by atoms with Crippen LogP contribution in [0.1, 0.15) is 29.7 Å². The fourth-order valence-corrected chi connectivity index (χ4v) is 2.89. The van der Waals surface area contributed by atoms with Gasteiger partial charge in [-0.3, -0.25) is 0 Å². The SMILES string of the molecule is Cc1ccc(-c2cc(CN)nc(N3CCCC3)n2)c(C)c1.Cl. The molecule has 0 aliphatic carbocycles. The fourth-order valence-electron chi connectivity index (χ4n) is 2.89. The topological polar surface area (TPSA) is 55.0 Å². The highest BCUT2D eigenvalue weighted by atomic mass is 35.5. The number of aromatic nitrogens is 2. The van der Waals surface area contributed by atoms with E-state index in [2.05, 4.69) is 41.9 Å². The van der Waals surface area contributed by atoms with E-state index in [-0.39, 0.29) is 12.4 Å². The Balaban J connectivity index is 0.00000176. The van der Waals surface area contributed by atoms with Gasteiger partial charge in [-0.1, -0.05) is 23.8 Å². The number of hydrogen-bond donors (Lipinski definition) is 1. The molecule has 1 aliphatic heterocycles. The molecule has 2 heterocycles. The van der Waals surface area contributed by atoms with E-state index < -0.39 is 0 Å². The van der Waals surface area contributed by atoms with Crippen LogP contribution in [0.4, 0.5) is 5.95 Å². The van der Waals surface area contributed by atoms with Gasteiger partial charge in [0.15, 0.2) is 0 Å². The Bertz CT molecular complexity index is 651. The number of aryl methyl sites for hydroxylation is 2. The van der Waals surface area contributed by atoms with Gasteiger partial charge in [0.1, 0.15) is 0 Å². The van der Waals surface area contributed by atoms with Gasteiger partial charge in [-0.15, -0.1) is 12.4 Å². The highest BCUT2D eigenvalue weighted by Crippen LogP contribution is 2.26. The molecular weight excluding hydrogens is 296 g/mol. The molecule has 4 nitrogen and oxygen atoms in total. The Kier molecular flexibility index (Phi) is 5.37. The van der Waals surface area contributed by atoms with Crippen molar-refractivity contribution < 1.29 is 0 Å². The summed E-state index contributed by atoms with van der Waals surface area (Å²) < 4.78 is 0. The van der Waals surface area contributed by atoms with Crippen LogP contribution < -0.4 is 10.6 Å². The average molecular weight is 319 g/mol. The zero-order valence-corrected chi connectivity index (χ0v) is 14.0. The molecule has 0 saturated carbocycles. The zero-order chi connectivity index (χ0) is 14.8. The van der Waals surface area contributed by atoms with Gasteiger partial charge in [0.05, 0.1) is 11.4 Å². The minimum atomic E-state index is 0. The monoisotopic (exact) mass is 318 g/mol. The number of anilines is 1. The molecule has 22 heavy (non-hydrogen) atoms. The Morgan fingerprint density at radius 3 is 2.45 bits per heavy atom. The van der Waals surface area contributed by atoms with E-state index >= 15 is 0 Å². The van der Waals surface area contributed by atoms with Crippen LogP contribution in [0.2, 0.25) is 0 Å². The van der Waals surface area contributed by atoms with Crippen LogP contribution in [0, 0.1) is 13.8 Å². The van der Waals surface area contributed by atoms with Crippen molar-refractivity contribution in [2.75, 3.05) is 18.0 Å². The predicted molar refractivity (Wildman–Crippen MR) is 93.5 cm³/mol. The van der Waals surface area contributed by atoms with Crippen LogP contribution in [0.15, 0.2) is 24.3 Å². The second kappa shape index (κ2) is 7.07. The maximum absolute atomic E-state index is 5.82. The summed E-state index contributed by atoms with van der Waals surface area (Å²) >= 11 is 0. The number of nitrogens with two attached hydrogens (primary N) is 1. The summed E-state index contributed by atoms with van der Waals surface area (Å²) in [5, 5.41) is 0. The Morgan fingerprint density at radius 2 is 1.82 bits per heavy atom. The lowest BCUT2D eigenvalue weighted by molar-refractivity contribution is 0.870. The molecule has 2 N–H and O–H groups in total. The molecule has 1 aliphatic rings. The number of rotatable bonds is 3. The molecule has 2 aromatic rings. The minimum absolute atomic E-state index is 0. The van der Waals surface area contributed by atoms with E-state index in [1.807, 2.05) is 6.07 Å². The van der Waals surface area contributed by atoms with Crippen LogP contribution in [0.3, 0.4) is 0 Å². The van der Waals surface area contributed by atoms with Gasteiger partial charge in [-0.05, 0) is 38.3 Å². The quantitative estimate of drug-likeness (QED) is 0.944. The normalized spacial score (nSPS) is 14.0. The number of nitrogens with zero attached hydrogens (tertiary/aromatic N) is 3. The molecule has 0 radical (unpaired) electrons. The molecule has 0 atom stereocenters. The summed E-state index contributed by atoms with van der Waals surface area (Å²) in [5.74, 6) is 0.824. The Morgan fingerprint density at radius 1 is 1.09 bits per heavy atom. The first kappa shape index (κ1) is 16.7. The number of halogens is 1. The smallest absolute Gasteiger partial charge is 0.226 e. The summed E-state index contributed by atoms with van der Waals surface area (Å²) in [6.07, 6.45) is 2.43. The third kappa shape index (κ3) is 3.39. The Labute approximate surface area is 138 Å². The molecule has 1 aromatic carbocycles. The van der Waals surface area contributed by atoms with Crippen LogP contribution in [-0.4, -0.2) is 23.1 Å². The van der Waals surface area contributed by atoms with Crippen LogP contribution in [-0.2, 0) is 6.54 Å². The zero-order valence-electron chi connectivity index (χ0n) is 13.2. The summed E-state index contributed by atoms with van der Waals surface area (Å²) in [5.41, 5.74) is 11.4. The average Bonchev–Trinajstić information content (AvgIpc) is 3.01. The second-order valence-corrected chi connectivity index (χ2v) is 5.76. The van der Waals surface area contributed by atoms with Gasteiger partial charge in [0.25, 0.3) is 0 Å². The van der Waals surface area contributed by atoms with Crippen molar-refractivity contribution in [3.8, 4) is 11.3 Å². The maximum atomic E-state index is 5.82. The maximum Gasteiger partial charge on any atom is 0.226 e. The van der Waals surface area contributed by atoms with Crippen molar-refractivity contribution in [1.29, 1.82) is 0 Å². The molecule has 0 unspecified atom stereocenters. The summed E-state index contributed by atoms with van der Waals surface area (Å²) in [6.45, 7) is 6.77. The highest BCUT2D eigenvalue weighted by molar-refractivity contribution is 5.85. The van der Waals surface area contributed by atoms with Crippen molar-refractivity contribution in [2.45, 2.75) is 33.2 Å². The second-order valence-electron chi connectivity index (χ2n) is 5.76. The molecule has 1 fully saturated rings. The van der Waals surface area contributed by atoms with Gasteiger partial charge in [0, 0.05) is 25.2 Å². The van der Waals surface area contributed by atoms with E-state index in [0.29, 0.717) is 6.54 Å². The summed E-state index contributed by atoms with van der Waals surface area (Å²) in [6, 6.07) is 8.47. The molecule has 118 valence electrons. The van der Waals surface area contributed by atoms with Crippen molar-refractivity contribution in [3.63, 3.8) is 0 Å². The van der Waals surface area contributed by atoms with E-state index in [4.69, 9.17) is 10.7 Å². The fraction of sp³-hybridized carbons (Fsp3) is 0.412. The molecule has 0 spiro atoms. The van der Waals surface area contributed by atoms with Gasteiger partial charge in [-0.2, -0.15) is 0 Å². The Hall–Kier alpha value is -1.65. The molecule has 0 amide bonds. The molecule has 1 saturated heterocycles. The summed E-state index contributed by atoms with van der Waals surface area (Å²) in [7, 11) is 0. The van der Waals surface area contributed by atoms with Gasteiger partial charge < -0.3 is 10.6 Å². The van der Waals surface area contributed by atoms with Gasteiger partial charge in [0.2, 0.25) is 5.95 Å². The lowest BCUT2D eigenvalue weighted by Crippen LogP contribution is -2.21. The van der Waals surface area contributed by atoms with Crippen LogP contribution >= 0.6 is 12.4 Å². The van der Waals surface area contributed by atoms with Crippen molar-refractivity contribution in [1.82, 2.24) is 9.97 Å². The first-order chi connectivity index (χ1) is 10.2. The number of benzene rings is 1. The van der Waals surface area contributed by atoms with Gasteiger partial charge >= 0.3 is 0 Å².